The molecule has 0 atom stereocenters. The highest BCUT2D eigenvalue weighted by molar-refractivity contribution is 9.10. The van der Waals surface area contributed by atoms with E-state index in [1.54, 1.807) is 31.5 Å². The number of Topliss-reactive ketones (excluding diaryl/α,β-unsaturated/α-hetero) is 2. The van der Waals surface area contributed by atoms with E-state index in [1.165, 1.54) is 4.68 Å². The molecule has 0 spiro atoms. The molecule has 0 saturated carbocycles. The zero-order valence-electron chi connectivity index (χ0n) is 16.3. The Morgan fingerprint density at radius 3 is 2.63 bits per heavy atom. The molecule has 2 aliphatic carbocycles. The Labute approximate surface area is 182 Å². The highest BCUT2D eigenvalue weighted by atomic mass is 79.9. The van der Waals surface area contributed by atoms with Gasteiger partial charge >= 0.3 is 6.09 Å². The molecule has 1 N–H and O–H groups in total. The Kier molecular flexibility index (Phi) is 5.55. The lowest BCUT2D eigenvalue weighted by Crippen LogP contribution is -2.22. The van der Waals surface area contributed by atoms with Crippen LogP contribution < -0.4 is 5.43 Å². The number of ether oxygens (including phenoxy) is 1. The maximum Gasteiger partial charge on any atom is 0.426 e. The first kappa shape index (κ1) is 20.1. The van der Waals surface area contributed by atoms with Gasteiger partial charge in [-0.2, -0.15) is 0 Å². The van der Waals surface area contributed by atoms with Gasteiger partial charge in [0.15, 0.2) is 11.6 Å². The summed E-state index contributed by atoms with van der Waals surface area (Å²) >= 11 is 3.57. The van der Waals surface area contributed by atoms with E-state index in [0.29, 0.717) is 28.7 Å². The average Bonchev–Trinajstić information content (AvgIpc) is 3.11. The van der Waals surface area contributed by atoms with Crippen LogP contribution in [0.1, 0.15) is 25.3 Å². The summed E-state index contributed by atoms with van der Waals surface area (Å²) in [6.07, 6.45) is 8.64. The second kappa shape index (κ2) is 8.28. The minimum atomic E-state index is -0.598. The van der Waals surface area contributed by atoms with Crippen LogP contribution in [-0.4, -0.2) is 28.9 Å². The highest BCUT2D eigenvalue weighted by Crippen LogP contribution is 2.40. The van der Waals surface area contributed by atoms with Gasteiger partial charge in [0, 0.05) is 52.0 Å². The molecule has 30 heavy (non-hydrogen) atoms. The highest BCUT2D eigenvalue weighted by Gasteiger charge is 2.30. The Morgan fingerprint density at radius 1 is 1.10 bits per heavy atom. The third-order valence-corrected chi connectivity index (χ3v) is 5.67. The summed E-state index contributed by atoms with van der Waals surface area (Å²) in [6, 6.07) is 7.63. The molecule has 1 heterocycles. The lowest BCUT2D eigenvalue weighted by molar-refractivity contribution is -0.114. The lowest BCUT2D eigenvalue weighted by Gasteiger charge is -2.21. The number of aromatic nitrogens is 1. The topological polar surface area (TPSA) is 77.4 Å². The molecule has 1 aromatic heterocycles. The SMILES string of the molecule is CCOC(=O)Nn1cc(C2=C3C=CCC(=O)C3=CCC2=O)c(-c2ccccc2Br)c1. The number of rotatable bonds is 4. The number of amides is 1. The van der Waals surface area contributed by atoms with Gasteiger partial charge in [-0.25, -0.2) is 10.2 Å². The fourth-order valence-electron chi connectivity index (χ4n) is 3.70. The van der Waals surface area contributed by atoms with Crippen LogP contribution in [0.4, 0.5) is 4.79 Å². The van der Waals surface area contributed by atoms with Crippen molar-refractivity contribution in [3.05, 3.63) is 76.1 Å². The number of allylic oxidation sites excluding steroid dienone is 6. The molecule has 0 aliphatic heterocycles. The number of hydrogen-bond acceptors (Lipinski definition) is 4. The van der Waals surface area contributed by atoms with Crippen molar-refractivity contribution in [3.63, 3.8) is 0 Å². The van der Waals surface area contributed by atoms with Gasteiger partial charge in [-0.1, -0.05) is 52.4 Å². The molecular formula is C23H19BrN2O4. The van der Waals surface area contributed by atoms with E-state index in [1.807, 2.05) is 30.3 Å². The number of hydrogen-bond donors (Lipinski definition) is 1. The number of nitrogens with zero attached hydrogens (tertiary/aromatic N) is 1. The van der Waals surface area contributed by atoms with Crippen molar-refractivity contribution in [2.24, 2.45) is 0 Å². The zero-order valence-corrected chi connectivity index (χ0v) is 17.9. The van der Waals surface area contributed by atoms with Crippen LogP contribution in [0.2, 0.25) is 0 Å². The number of nitrogens with one attached hydrogen (secondary N) is 1. The Balaban J connectivity index is 1.92. The molecule has 0 saturated heterocycles. The number of halogens is 1. The molecule has 2 aromatic rings. The first-order valence-corrected chi connectivity index (χ1v) is 10.4. The standard InChI is InChI=1S/C23H19BrN2O4/c1-2-30-23(29)25-26-12-17(14-6-3-4-8-19(14)24)18(13-26)22-16-7-5-9-20(27)15(16)10-11-21(22)28/h3-8,10,12-13H,2,9,11H2,1H3,(H,25,29). The second-order valence-electron chi connectivity index (χ2n) is 6.87. The fourth-order valence-corrected chi connectivity index (χ4v) is 4.20. The smallest absolute Gasteiger partial charge is 0.426 e. The predicted molar refractivity (Wildman–Crippen MR) is 117 cm³/mol. The van der Waals surface area contributed by atoms with E-state index in [2.05, 4.69) is 21.4 Å². The van der Waals surface area contributed by atoms with E-state index >= 15 is 0 Å². The quantitative estimate of drug-likeness (QED) is 0.701. The third kappa shape index (κ3) is 3.68. The minimum absolute atomic E-state index is 0.00372. The maximum absolute atomic E-state index is 13.0. The molecule has 4 rings (SSSR count). The molecule has 0 fully saturated rings. The summed E-state index contributed by atoms with van der Waals surface area (Å²) in [5.41, 5.74) is 6.58. The van der Waals surface area contributed by atoms with Crippen molar-refractivity contribution in [1.29, 1.82) is 0 Å². The van der Waals surface area contributed by atoms with Crippen LogP contribution in [0.25, 0.3) is 16.7 Å². The van der Waals surface area contributed by atoms with E-state index in [0.717, 1.165) is 15.6 Å². The van der Waals surface area contributed by atoms with Crippen molar-refractivity contribution < 1.29 is 19.1 Å². The van der Waals surface area contributed by atoms with Crippen molar-refractivity contribution >= 4 is 39.2 Å². The average molecular weight is 467 g/mol. The van der Waals surface area contributed by atoms with Crippen molar-refractivity contribution in [3.8, 4) is 11.1 Å². The molecule has 152 valence electrons. The number of carbonyl (C=O) groups is 3. The molecule has 1 aromatic carbocycles. The van der Waals surface area contributed by atoms with Gasteiger partial charge in [0.1, 0.15) is 0 Å². The third-order valence-electron chi connectivity index (χ3n) is 4.97. The van der Waals surface area contributed by atoms with Crippen molar-refractivity contribution in [1.82, 2.24) is 4.68 Å². The summed E-state index contributed by atoms with van der Waals surface area (Å²) in [5.74, 6) is -0.0701. The number of benzene rings is 1. The summed E-state index contributed by atoms with van der Waals surface area (Å²) in [5, 5.41) is 0. The van der Waals surface area contributed by atoms with Crippen LogP contribution in [-0.2, 0) is 14.3 Å². The van der Waals surface area contributed by atoms with Crippen molar-refractivity contribution in [2.75, 3.05) is 12.0 Å². The van der Waals surface area contributed by atoms with E-state index in [-0.39, 0.29) is 24.6 Å². The first-order chi connectivity index (χ1) is 14.5. The Morgan fingerprint density at radius 2 is 1.87 bits per heavy atom. The zero-order chi connectivity index (χ0) is 21.3. The van der Waals surface area contributed by atoms with Gasteiger partial charge in [-0.05, 0) is 24.1 Å². The van der Waals surface area contributed by atoms with Gasteiger partial charge in [-0.15, -0.1) is 0 Å². The predicted octanol–water partition coefficient (Wildman–Crippen LogP) is 4.80. The number of ketones is 2. The number of fused-ring (bicyclic) bond motifs is 1. The summed E-state index contributed by atoms with van der Waals surface area (Å²) in [6.45, 7) is 1.96. The monoisotopic (exact) mass is 466 g/mol. The molecule has 1 amide bonds. The molecule has 6 nitrogen and oxygen atoms in total. The van der Waals surface area contributed by atoms with Crippen LogP contribution in [0.3, 0.4) is 0 Å². The fraction of sp³-hybridized carbons (Fsp3) is 0.174. The molecular weight excluding hydrogens is 448 g/mol. The van der Waals surface area contributed by atoms with Crippen LogP contribution in [0, 0.1) is 0 Å². The maximum atomic E-state index is 13.0. The Hall–Kier alpha value is -3.19. The Bertz CT molecular complexity index is 1150. The molecule has 2 aliphatic rings. The molecule has 7 heteroatoms. The van der Waals surface area contributed by atoms with Gasteiger partial charge < -0.3 is 4.74 Å². The van der Waals surface area contributed by atoms with Gasteiger partial charge in [0.25, 0.3) is 0 Å². The first-order valence-electron chi connectivity index (χ1n) is 9.58. The molecule has 0 radical (unpaired) electrons. The summed E-state index contributed by atoms with van der Waals surface area (Å²) < 4.78 is 7.30. The number of carbonyl (C=O) groups excluding carboxylic acids is 3. The lowest BCUT2D eigenvalue weighted by atomic mass is 9.80. The van der Waals surface area contributed by atoms with Gasteiger partial charge in [0.2, 0.25) is 0 Å². The van der Waals surface area contributed by atoms with Crippen molar-refractivity contribution in [2.45, 2.75) is 19.8 Å². The van der Waals surface area contributed by atoms with Crippen LogP contribution >= 0.6 is 15.9 Å². The van der Waals surface area contributed by atoms with E-state index in [9.17, 15) is 14.4 Å². The minimum Gasteiger partial charge on any atom is -0.449 e. The molecule has 0 unspecified atom stereocenters. The van der Waals surface area contributed by atoms with Crippen LogP contribution in [0.5, 0.6) is 0 Å². The normalized spacial score (nSPS) is 15.7. The summed E-state index contributed by atoms with van der Waals surface area (Å²) in [4.78, 5) is 37.3. The van der Waals surface area contributed by atoms with Crippen LogP contribution in [0.15, 0.2) is 70.5 Å². The van der Waals surface area contributed by atoms with Gasteiger partial charge in [0.05, 0.1) is 6.61 Å². The summed E-state index contributed by atoms with van der Waals surface area (Å²) in [7, 11) is 0. The van der Waals surface area contributed by atoms with Gasteiger partial charge in [-0.3, -0.25) is 14.3 Å². The molecule has 0 bridgehead atoms. The largest absolute Gasteiger partial charge is 0.449 e. The van der Waals surface area contributed by atoms with E-state index < -0.39 is 6.09 Å². The second-order valence-corrected chi connectivity index (χ2v) is 7.72. The van der Waals surface area contributed by atoms with E-state index in [4.69, 9.17) is 4.74 Å².